The van der Waals surface area contributed by atoms with Gasteiger partial charge in [-0.3, -0.25) is 4.79 Å². The first-order valence-corrected chi connectivity index (χ1v) is 17.1. The van der Waals surface area contributed by atoms with E-state index in [0.717, 1.165) is 38.6 Å². The van der Waals surface area contributed by atoms with Gasteiger partial charge < -0.3 is 15.4 Å². The maximum Gasteiger partial charge on any atom is 0.282 e. The summed E-state index contributed by atoms with van der Waals surface area (Å²) >= 11 is 6.33. The summed E-state index contributed by atoms with van der Waals surface area (Å²) in [7, 11) is -4.29. The van der Waals surface area contributed by atoms with Gasteiger partial charge in [-0.1, -0.05) is 24.6 Å². The molecular weight excluding hydrogens is 602 g/mol. The number of hydrogen-bond acceptors (Lipinski definition) is 9. The Bertz CT molecular complexity index is 1600. The molecule has 11 nitrogen and oxygen atoms in total. The van der Waals surface area contributed by atoms with Crippen LogP contribution in [0.1, 0.15) is 81.6 Å². The van der Waals surface area contributed by atoms with E-state index in [1.807, 2.05) is 0 Å². The Morgan fingerprint density at radius 1 is 1.14 bits per heavy atom. The molecule has 238 valence electrons. The summed E-state index contributed by atoms with van der Waals surface area (Å²) in [5.41, 5.74) is 0.983. The van der Waals surface area contributed by atoms with E-state index in [0.29, 0.717) is 47.6 Å². The zero-order valence-electron chi connectivity index (χ0n) is 25.8. The van der Waals surface area contributed by atoms with Crippen LogP contribution in [-0.4, -0.2) is 59.3 Å². The van der Waals surface area contributed by atoms with Crippen molar-refractivity contribution in [3.8, 4) is 11.7 Å². The Hall–Kier alpha value is -3.22. The van der Waals surface area contributed by atoms with Gasteiger partial charge in [-0.15, -0.1) is 5.10 Å². The number of nitrogens with one attached hydrogen (secondary N) is 3. The molecule has 2 fully saturated rings. The molecule has 0 unspecified atom stereocenters. The zero-order valence-corrected chi connectivity index (χ0v) is 27.4. The number of anilines is 1. The van der Waals surface area contributed by atoms with Crippen LogP contribution >= 0.6 is 11.6 Å². The molecule has 0 spiro atoms. The topological polar surface area (TPSA) is 140 Å². The fourth-order valence-electron chi connectivity index (χ4n) is 5.58. The summed E-state index contributed by atoms with van der Waals surface area (Å²) in [6, 6.07) is 8.07. The van der Waals surface area contributed by atoms with Crippen LogP contribution in [0.15, 0.2) is 41.6 Å². The Morgan fingerprint density at radius 3 is 2.64 bits per heavy atom. The molecule has 44 heavy (non-hydrogen) atoms. The summed E-state index contributed by atoms with van der Waals surface area (Å²) < 4.78 is 35.7. The first-order valence-electron chi connectivity index (χ1n) is 15.2. The molecule has 13 heteroatoms. The molecule has 3 N–H and O–H groups in total. The van der Waals surface area contributed by atoms with Gasteiger partial charge >= 0.3 is 0 Å². The van der Waals surface area contributed by atoms with E-state index in [2.05, 4.69) is 51.2 Å². The molecule has 1 saturated heterocycles. The van der Waals surface area contributed by atoms with Gasteiger partial charge in [0.15, 0.2) is 10.8 Å². The lowest BCUT2D eigenvalue weighted by molar-refractivity contribution is 0.0981. The monoisotopic (exact) mass is 643 g/mol. The smallest absolute Gasteiger partial charge is 0.282 e. The van der Waals surface area contributed by atoms with E-state index in [4.69, 9.17) is 16.3 Å². The van der Waals surface area contributed by atoms with E-state index in [-0.39, 0.29) is 21.3 Å². The van der Waals surface area contributed by atoms with Gasteiger partial charge in [0, 0.05) is 24.3 Å². The van der Waals surface area contributed by atoms with Crippen LogP contribution in [0.5, 0.6) is 5.88 Å². The van der Waals surface area contributed by atoms with Crippen LogP contribution in [0.4, 0.5) is 5.82 Å². The highest BCUT2D eigenvalue weighted by molar-refractivity contribution is 7.90. The third-order valence-electron chi connectivity index (χ3n) is 8.45. The first kappa shape index (κ1) is 32.2. The standard InChI is InChI=1S/C31H42ClN7O4S/c1-21-8-10-24(33-16-5-7-22-19-30(2,3)34-20-22)35-29(21)44(41,42)38-28(40)23-9-11-25(36-27(23)32)39-17-12-26(37-39)43-18-6-13-31(4)14-15-31/h8-12,17,22,34H,5-7,13-16,18-20H2,1-4H3,(H,33,35)(H,38,40)/t22-/m0/s1. The van der Waals surface area contributed by atoms with Crippen molar-refractivity contribution in [3.63, 3.8) is 0 Å². The highest BCUT2D eigenvalue weighted by atomic mass is 35.5. The predicted molar refractivity (Wildman–Crippen MR) is 170 cm³/mol. The van der Waals surface area contributed by atoms with E-state index < -0.39 is 15.9 Å². The average molecular weight is 644 g/mol. The summed E-state index contributed by atoms with van der Waals surface area (Å²) in [6.45, 7) is 10.6. The van der Waals surface area contributed by atoms with Crippen molar-refractivity contribution in [1.29, 1.82) is 0 Å². The lowest BCUT2D eigenvalue weighted by Crippen LogP contribution is -2.32. The highest BCUT2D eigenvalue weighted by Gasteiger charge is 2.36. The number of carbonyl (C=O) groups excluding carboxylic acids is 1. The Balaban J connectivity index is 1.16. The molecule has 1 aliphatic heterocycles. The quantitative estimate of drug-likeness (QED) is 0.158. The molecule has 1 atom stereocenters. The van der Waals surface area contributed by atoms with E-state index >= 15 is 0 Å². The van der Waals surface area contributed by atoms with Crippen molar-refractivity contribution in [3.05, 3.63) is 52.8 Å². The normalized spacial score (nSPS) is 18.6. The van der Waals surface area contributed by atoms with Crippen molar-refractivity contribution in [1.82, 2.24) is 29.8 Å². The van der Waals surface area contributed by atoms with Gasteiger partial charge in [-0.25, -0.2) is 19.4 Å². The van der Waals surface area contributed by atoms with Crippen LogP contribution in [0.25, 0.3) is 5.82 Å². The summed E-state index contributed by atoms with van der Waals surface area (Å²) in [6.07, 6.45) is 9.50. The van der Waals surface area contributed by atoms with Crippen molar-refractivity contribution < 1.29 is 17.9 Å². The maximum absolute atomic E-state index is 13.2. The van der Waals surface area contributed by atoms with Gasteiger partial charge in [0.25, 0.3) is 15.9 Å². The number of aromatic nitrogens is 4. The van der Waals surface area contributed by atoms with E-state index in [1.54, 1.807) is 31.3 Å². The number of amides is 1. The van der Waals surface area contributed by atoms with Crippen LogP contribution in [0.3, 0.4) is 0 Å². The number of ether oxygens (including phenoxy) is 1. The Kier molecular flexibility index (Phi) is 9.52. The number of hydrogen-bond donors (Lipinski definition) is 3. The molecule has 5 rings (SSSR count). The molecule has 1 amide bonds. The second-order valence-corrected chi connectivity index (χ2v) is 15.0. The minimum absolute atomic E-state index is 0.0901. The first-order chi connectivity index (χ1) is 20.8. The minimum atomic E-state index is -4.29. The van der Waals surface area contributed by atoms with Crippen LogP contribution in [0.2, 0.25) is 5.15 Å². The number of pyridine rings is 2. The summed E-state index contributed by atoms with van der Waals surface area (Å²) in [4.78, 5) is 21.6. The van der Waals surface area contributed by atoms with E-state index in [1.165, 1.54) is 29.7 Å². The second-order valence-electron chi connectivity index (χ2n) is 13.0. The number of halogens is 1. The van der Waals surface area contributed by atoms with Crippen molar-refractivity contribution in [2.24, 2.45) is 11.3 Å². The zero-order chi connectivity index (χ0) is 31.5. The van der Waals surface area contributed by atoms with E-state index in [9.17, 15) is 13.2 Å². The van der Waals surface area contributed by atoms with Gasteiger partial charge in [-0.2, -0.15) is 8.42 Å². The molecule has 0 bridgehead atoms. The minimum Gasteiger partial charge on any atom is -0.477 e. The number of carbonyl (C=O) groups is 1. The average Bonchev–Trinajstić information content (AvgIpc) is 3.34. The largest absolute Gasteiger partial charge is 0.477 e. The lowest BCUT2D eigenvalue weighted by atomic mass is 9.94. The molecular formula is C31H42ClN7O4S. The van der Waals surface area contributed by atoms with Crippen molar-refractivity contribution >= 4 is 33.3 Å². The molecule has 3 aromatic heterocycles. The molecule has 1 aliphatic carbocycles. The third kappa shape index (κ3) is 8.28. The SMILES string of the molecule is Cc1ccc(NCCC[C@@H]2CNC(C)(C)C2)nc1S(=O)(=O)NC(=O)c1ccc(-n2ccc(OCCCC3(C)CC3)n2)nc1Cl. The number of nitrogens with zero attached hydrogens (tertiary/aromatic N) is 4. The summed E-state index contributed by atoms with van der Waals surface area (Å²) in [5.74, 6) is 0.971. The van der Waals surface area contributed by atoms with Crippen LogP contribution in [0, 0.1) is 18.3 Å². The fraction of sp³-hybridized carbons (Fsp3) is 0.548. The van der Waals surface area contributed by atoms with Gasteiger partial charge in [-0.05, 0) is 107 Å². The van der Waals surface area contributed by atoms with Crippen molar-refractivity contribution in [2.75, 3.05) is 25.0 Å². The Labute approximate surface area is 264 Å². The van der Waals surface area contributed by atoms with Gasteiger partial charge in [0.1, 0.15) is 11.0 Å². The number of aryl methyl sites for hydroxylation is 1. The molecule has 1 saturated carbocycles. The molecule has 0 radical (unpaired) electrons. The number of sulfonamides is 1. The van der Waals surface area contributed by atoms with Crippen LogP contribution < -0.4 is 20.1 Å². The van der Waals surface area contributed by atoms with Crippen molar-refractivity contribution in [2.45, 2.75) is 83.2 Å². The molecule has 4 heterocycles. The fourth-order valence-corrected chi connectivity index (χ4v) is 6.97. The summed E-state index contributed by atoms with van der Waals surface area (Å²) in [5, 5.41) is 10.7. The van der Waals surface area contributed by atoms with Crippen LogP contribution in [-0.2, 0) is 10.0 Å². The molecule has 0 aromatic carbocycles. The lowest BCUT2D eigenvalue weighted by Gasteiger charge is -2.17. The molecule has 2 aliphatic rings. The highest BCUT2D eigenvalue weighted by Crippen LogP contribution is 2.48. The van der Waals surface area contributed by atoms with Gasteiger partial charge in [0.2, 0.25) is 5.88 Å². The number of rotatable bonds is 14. The predicted octanol–water partition coefficient (Wildman–Crippen LogP) is 5.28. The Morgan fingerprint density at radius 2 is 1.93 bits per heavy atom. The van der Waals surface area contributed by atoms with Gasteiger partial charge in [0.05, 0.1) is 12.2 Å². The third-order valence-corrected chi connectivity index (χ3v) is 10.1. The molecule has 3 aromatic rings. The second kappa shape index (κ2) is 13.0. The maximum atomic E-state index is 13.2.